The number of nitrogens with zero attached hydrogens (tertiary/aromatic N) is 2. The molecule has 2 heterocycles. The van der Waals surface area contributed by atoms with Gasteiger partial charge in [-0.25, -0.2) is 22.4 Å². The number of ether oxygens (including phenoxy) is 1. The van der Waals surface area contributed by atoms with E-state index in [4.69, 9.17) is 9.84 Å². The minimum absolute atomic E-state index is 0.00505. The Balaban J connectivity index is 0.000000260. The van der Waals surface area contributed by atoms with Crippen LogP contribution in [0.15, 0.2) is 30.4 Å². The molecule has 4 amide bonds. The quantitative estimate of drug-likeness (QED) is 0.133. The van der Waals surface area contributed by atoms with Gasteiger partial charge in [0.15, 0.2) is 0 Å². The molecule has 1 saturated heterocycles. The van der Waals surface area contributed by atoms with Gasteiger partial charge in [-0.15, -0.1) is 0 Å². The number of allylic oxidation sites excluding steroid dienone is 2. The molecule has 5 rings (SSSR count). The van der Waals surface area contributed by atoms with E-state index in [1.54, 1.807) is 46.9 Å². The van der Waals surface area contributed by atoms with Gasteiger partial charge in [-0.3, -0.25) is 24.1 Å². The van der Waals surface area contributed by atoms with Crippen molar-refractivity contribution in [3.8, 4) is 0 Å². The van der Waals surface area contributed by atoms with E-state index in [-0.39, 0.29) is 48.6 Å². The summed E-state index contributed by atoms with van der Waals surface area (Å²) in [4.78, 5) is 57.4. The smallest absolute Gasteiger partial charge is 0.408 e. The number of rotatable bonds is 11. The Hall–Kier alpha value is -4.05. The second-order valence-corrected chi connectivity index (χ2v) is 17.4. The molecule has 1 aromatic rings. The summed E-state index contributed by atoms with van der Waals surface area (Å²) in [5.74, 6) is -0.393. The first-order valence-corrected chi connectivity index (χ1v) is 20.1. The molecule has 2 saturated carbocycles. The Kier molecular flexibility index (Phi) is 18.1. The minimum Gasteiger partial charge on any atom is -0.465 e. The first kappa shape index (κ1) is 46.1. The minimum atomic E-state index is -3.47. The van der Waals surface area contributed by atoms with Gasteiger partial charge in [-0.05, 0) is 104 Å². The lowest BCUT2D eigenvalue weighted by Crippen LogP contribution is -2.39. The van der Waals surface area contributed by atoms with Gasteiger partial charge in [0, 0.05) is 25.1 Å². The van der Waals surface area contributed by atoms with Crippen molar-refractivity contribution < 1.29 is 46.6 Å². The van der Waals surface area contributed by atoms with Crippen LogP contribution in [-0.4, -0.2) is 97.2 Å². The van der Waals surface area contributed by atoms with Crippen LogP contribution in [0.4, 0.5) is 14.0 Å². The number of likely N-dealkylation sites (N-methyl/N-ethyl adjacent to an activating group) is 2. The largest absolute Gasteiger partial charge is 0.465 e. The third kappa shape index (κ3) is 15.4. The fourth-order valence-electron chi connectivity index (χ4n) is 5.65. The first-order chi connectivity index (χ1) is 25.3. The maximum absolute atomic E-state index is 13.1. The molecule has 54 heavy (non-hydrogen) atoms. The standard InChI is InChI=1S/C15H25NO3S.C9H8FNO2.C7H14N2O.C7H13NO3/c1-3-4-5-6-7-8-12-11-13(12)14(17)16-20(18,19)15(2)9-10-15;10-8-3-1-2-6-4-11(9(12)13)5-7(6)8;1-8-7(10)6-4-3-5-9(6)2;1-7(2,3)11-6(10)8-4-5-9/h7-8,12-13H,3-6,9-11H2,1-2H3,(H,16,17);1-3H,4-5H2,(H,12,13);6H,3-5H2,1-2H3,(H,8,10);5H,4H2,1-3H3,(H,8,10)/b8-7-;;;/t12-,13?;;6-;/m1.0./s1. The summed E-state index contributed by atoms with van der Waals surface area (Å²) in [6.07, 6.45) is 12.2. The van der Waals surface area contributed by atoms with Crippen molar-refractivity contribution in [3.05, 3.63) is 47.3 Å². The zero-order valence-electron chi connectivity index (χ0n) is 32.8. The van der Waals surface area contributed by atoms with Crippen LogP contribution >= 0.6 is 0 Å². The molecule has 0 aromatic heterocycles. The van der Waals surface area contributed by atoms with Gasteiger partial charge < -0.3 is 25.3 Å². The van der Waals surface area contributed by atoms with E-state index >= 15 is 0 Å². The summed E-state index contributed by atoms with van der Waals surface area (Å²) in [6.45, 7) is 10.6. The predicted molar refractivity (Wildman–Crippen MR) is 203 cm³/mol. The Morgan fingerprint density at radius 2 is 1.80 bits per heavy atom. The van der Waals surface area contributed by atoms with Gasteiger partial charge in [0.05, 0.1) is 23.9 Å². The molecule has 0 radical (unpaired) electrons. The number of halogens is 1. The van der Waals surface area contributed by atoms with E-state index in [2.05, 4.69) is 39.3 Å². The monoisotopic (exact) mass is 781 g/mol. The van der Waals surface area contributed by atoms with Crippen LogP contribution in [0.1, 0.15) is 104 Å². The van der Waals surface area contributed by atoms with Crippen LogP contribution in [0.3, 0.4) is 0 Å². The van der Waals surface area contributed by atoms with E-state index < -0.39 is 32.6 Å². The molecule has 0 spiro atoms. The molecule has 1 unspecified atom stereocenters. The fraction of sp³-hybridized carbons (Fsp3) is 0.658. The number of nitrogens with one attached hydrogen (secondary N) is 3. The van der Waals surface area contributed by atoms with E-state index in [1.807, 2.05) is 7.05 Å². The van der Waals surface area contributed by atoms with Gasteiger partial charge in [-0.2, -0.15) is 0 Å². The summed E-state index contributed by atoms with van der Waals surface area (Å²) < 4.78 is 43.4. The van der Waals surface area contributed by atoms with Crippen molar-refractivity contribution in [1.82, 2.24) is 25.2 Å². The Bertz CT molecular complexity index is 1580. The topological polar surface area (TPSA) is 192 Å². The van der Waals surface area contributed by atoms with Crippen molar-refractivity contribution in [1.29, 1.82) is 0 Å². The molecule has 2 aliphatic heterocycles. The number of alkyl carbamates (subject to hydrolysis) is 1. The highest BCUT2D eigenvalue weighted by Crippen LogP contribution is 2.44. The molecule has 2 aliphatic carbocycles. The molecule has 14 nitrogen and oxygen atoms in total. The highest BCUT2D eigenvalue weighted by atomic mass is 32.2. The number of carbonyl (C=O) groups excluding carboxylic acids is 4. The number of fused-ring (bicyclic) bond motifs is 1. The Labute approximate surface area is 319 Å². The number of carboxylic acid groups (broad SMARTS) is 1. The summed E-state index contributed by atoms with van der Waals surface area (Å²) in [5.41, 5.74) is 0.764. The van der Waals surface area contributed by atoms with Gasteiger partial charge in [0.1, 0.15) is 17.7 Å². The maximum Gasteiger partial charge on any atom is 0.408 e. The van der Waals surface area contributed by atoms with Crippen LogP contribution in [0, 0.1) is 17.7 Å². The number of unbranched alkanes of at least 4 members (excludes halogenated alkanes) is 3. The number of sulfonamides is 1. The van der Waals surface area contributed by atoms with Crippen LogP contribution in [-0.2, 0) is 42.2 Å². The molecule has 1 aromatic carbocycles. The molecule has 304 valence electrons. The van der Waals surface area contributed by atoms with Gasteiger partial charge in [0.25, 0.3) is 0 Å². The fourth-order valence-corrected chi connectivity index (χ4v) is 6.95. The highest BCUT2D eigenvalue weighted by Gasteiger charge is 2.52. The lowest BCUT2D eigenvalue weighted by molar-refractivity contribution is -0.124. The molecule has 4 N–H and O–H groups in total. The van der Waals surface area contributed by atoms with Crippen molar-refractivity contribution in [3.63, 3.8) is 0 Å². The third-order valence-corrected chi connectivity index (χ3v) is 11.5. The van der Waals surface area contributed by atoms with Crippen molar-refractivity contribution >= 4 is 40.3 Å². The number of benzene rings is 1. The van der Waals surface area contributed by atoms with Gasteiger partial charge >= 0.3 is 12.2 Å². The lowest BCUT2D eigenvalue weighted by Gasteiger charge is -2.18. The molecular weight excluding hydrogens is 722 g/mol. The summed E-state index contributed by atoms with van der Waals surface area (Å²) in [7, 11) is 0.211. The lowest BCUT2D eigenvalue weighted by atomic mass is 10.1. The number of amides is 4. The Morgan fingerprint density at radius 3 is 2.31 bits per heavy atom. The average Bonchev–Trinajstić information content (AvgIpc) is 3.95. The van der Waals surface area contributed by atoms with E-state index in [9.17, 15) is 36.8 Å². The molecule has 3 atom stereocenters. The first-order valence-electron chi connectivity index (χ1n) is 18.6. The van der Waals surface area contributed by atoms with Gasteiger partial charge in [0.2, 0.25) is 21.8 Å². The number of likely N-dealkylation sites (tertiary alicyclic amines) is 1. The molecule has 3 fully saturated rings. The van der Waals surface area contributed by atoms with Crippen molar-refractivity contribution in [2.45, 2.75) is 122 Å². The van der Waals surface area contributed by atoms with Crippen molar-refractivity contribution in [2.24, 2.45) is 11.8 Å². The predicted octanol–water partition coefficient (Wildman–Crippen LogP) is 5.11. The molecular formula is C38H60FN5O9S. The average molecular weight is 782 g/mol. The SMILES string of the molecule is CC(C)(C)OC(=O)NCC=O.CCCCC/C=C\[C@@H]1CC1C(=O)NS(=O)(=O)C1(C)CC1.CNC(=O)[C@@H]1CCCN1C.O=C(O)N1Cc2cccc(F)c2C1. The summed E-state index contributed by atoms with van der Waals surface area (Å²) in [6, 6.07) is 4.83. The highest BCUT2D eigenvalue weighted by molar-refractivity contribution is 7.91. The molecule has 4 aliphatic rings. The van der Waals surface area contributed by atoms with Crippen LogP contribution in [0.5, 0.6) is 0 Å². The van der Waals surface area contributed by atoms with Crippen LogP contribution < -0.4 is 15.4 Å². The molecule has 16 heteroatoms. The number of aldehydes is 1. The number of hydrogen-bond donors (Lipinski definition) is 4. The second-order valence-electron chi connectivity index (χ2n) is 15.2. The maximum atomic E-state index is 13.1. The summed E-state index contributed by atoms with van der Waals surface area (Å²) in [5, 5.41) is 13.6. The van der Waals surface area contributed by atoms with Crippen LogP contribution in [0.2, 0.25) is 0 Å². The molecule has 0 bridgehead atoms. The van der Waals surface area contributed by atoms with E-state index in [0.717, 1.165) is 37.8 Å². The second kappa shape index (κ2) is 21.1. The third-order valence-electron chi connectivity index (χ3n) is 9.37. The van der Waals surface area contributed by atoms with E-state index in [1.165, 1.54) is 30.2 Å². The Morgan fingerprint density at radius 1 is 1.11 bits per heavy atom. The normalized spacial score (nSPS) is 20.7. The number of carbonyl (C=O) groups is 5. The number of hydrogen-bond acceptors (Lipinski definition) is 9. The van der Waals surface area contributed by atoms with Gasteiger partial charge in [-0.1, -0.05) is 44.1 Å². The van der Waals surface area contributed by atoms with E-state index in [0.29, 0.717) is 31.2 Å². The van der Waals surface area contributed by atoms with Crippen LogP contribution in [0.25, 0.3) is 0 Å². The van der Waals surface area contributed by atoms with Crippen molar-refractivity contribution in [2.75, 3.05) is 27.2 Å². The zero-order valence-corrected chi connectivity index (χ0v) is 33.6. The summed E-state index contributed by atoms with van der Waals surface area (Å²) >= 11 is 0. The zero-order chi connectivity index (χ0) is 40.7.